The zero-order chi connectivity index (χ0) is 11.8. The highest BCUT2D eigenvalue weighted by Crippen LogP contribution is 2.00. The Morgan fingerprint density at radius 1 is 1.00 bits per heavy atom. The molecule has 0 aliphatic rings. The minimum atomic E-state index is 0.733. The van der Waals surface area contributed by atoms with E-state index in [1.165, 1.54) is 0 Å². The first-order valence-corrected chi connectivity index (χ1v) is 5.37. The number of nitrogens with zero attached hydrogens (tertiary/aromatic N) is 2. The molecule has 0 fully saturated rings. The van der Waals surface area contributed by atoms with E-state index in [9.17, 15) is 0 Å². The van der Waals surface area contributed by atoms with Crippen molar-refractivity contribution in [3.63, 3.8) is 0 Å². The third-order valence-corrected chi connectivity index (χ3v) is 2.09. The molecule has 17 heavy (non-hydrogen) atoms. The first-order valence-electron chi connectivity index (χ1n) is 5.37. The lowest BCUT2D eigenvalue weighted by atomic mass is 10.2. The van der Waals surface area contributed by atoms with Gasteiger partial charge in [0.25, 0.3) is 0 Å². The van der Waals surface area contributed by atoms with Gasteiger partial charge in [0, 0.05) is 12.4 Å². The van der Waals surface area contributed by atoms with Crippen LogP contribution in [0.4, 0.5) is 5.82 Å². The number of benzene rings is 1. The summed E-state index contributed by atoms with van der Waals surface area (Å²) >= 11 is 0. The van der Waals surface area contributed by atoms with Crippen LogP contribution in [0.3, 0.4) is 0 Å². The van der Waals surface area contributed by atoms with Crippen molar-refractivity contribution in [2.24, 2.45) is 5.10 Å². The van der Waals surface area contributed by atoms with Crippen LogP contribution in [0.2, 0.25) is 0 Å². The van der Waals surface area contributed by atoms with Crippen molar-refractivity contribution < 1.29 is 0 Å². The van der Waals surface area contributed by atoms with Crippen molar-refractivity contribution in [2.75, 3.05) is 5.43 Å². The first kappa shape index (κ1) is 11.1. The molecule has 0 spiro atoms. The van der Waals surface area contributed by atoms with Crippen molar-refractivity contribution in [3.05, 3.63) is 66.4 Å². The van der Waals surface area contributed by atoms with Gasteiger partial charge in [0.2, 0.25) is 0 Å². The SMILES string of the molecule is C(=C\c1ccccc1)/C=N/Nc1ccccn1. The summed E-state index contributed by atoms with van der Waals surface area (Å²) in [4.78, 5) is 4.09. The number of anilines is 1. The van der Waals surface area contributed by atoms with Crippen LogP contribution >= 0.6 is 0 Å². The summed E-state index contributed by atoms with van der Waals surface area (Å²) in [7, 11) is 0. The molecule has 0 unspecified atom stereocenters. The molecule has 0 saturated heterocycles. The topological polar surface area (TPSA) is 37.3 Å². The molecule has 0 bridgehead atoms. The van der Waals surface area contributed by atoms with E-state index in [0.717, 1.165) is 11.4 Å². The van der Waals surface area contributed by atoms with Gasteiger partial charge in [-0.2, -0.15) is 5.10 Å². The van der Waals surface area contributed by atoms with Gasteiger partial charge in [-0.25, -0.2) is 4.98 Å². The number of aromatic nitrogens is 1. The van der Waals surface area contributed by atoms with E-state index in [1.54, 1.807) is 12.4 Å². The Labute approximate surface area is 101 Å². The predicted molar refractivity (Wildman–Crippen MR) is 71.8 cm³/mol. The number of allylic oxidation sites excluding steroid dienone is 1. The van der Waals surface area contributed by atoms with Gasteiger partial charge in [0.1, 0.15) is 5.82 Å². The summed E-state index contributed by atoms with van der Waals surface area (Å²) in [6.45, 7) is 0. The Morgan fingerprint density at radius 3 is 2.59 bits per heavy atom. The summed E-state index contributed by atoms with van der Waals surface area (Å²) < 4.78 is 0. The molecular formula is C14H13N3. The third kappa shape index (κ3) is 3.91. The van der Waals surface area contributed by atoms with Crippen molar-refractivity contribution in [3.8, 4) is 0 Å². The van der Waals surface area contributed by atoms with Crippen LogP contribution in [0.15, 0.2) is 65.9 Å². The number of pyridine rings is 1. The normalized spacial score (nSPS) is 11.1. The Bertz CT molecular complexity index is 489. The molecule has 0 saturated carbocycles. The van der Waals surface area contributed by atoms with Gasteiger partial charge in [-0.15, -0.1) is 0 Å². The maximum Gasteiger partial charge on any atom is 0.146 e. The van der Waals surface area contributed by atoms with E-state index in [2.05, 4.69) is 15.5 Å². The number of hydrazone groups is 1. The molecule has 3 heteroatoms. The van der Waals surface area contributed by atoms with E-state index in [-0.39, 0.29) is 0 Å². The smallest absolute Gasteiger partial charge is 0.146 e. The first-order chi connectivity index (χ1) is 8.45. The van der Waals surface area contributed by atoms with Gasteiger partial charge in [0.05, 0.1) is 0 Å². The lowest BCUT2D eigenvalue weighted by Crippen LogP contribution is -1.90. The van der Waals surface area contributed by atoms with Crippen molar-refractivity contribution in [1.82, 2.24) is 4.98 Å². The Balaban J connectivity index is 1.85. The molecule has 1 N–H and O–H groups in total. The fourth-order valence-corrected chi connectivity index (χ4v) is 1.29. The maximum absolute atomic E-state index is 4.09. The van der Waals surface area contributed by atoms with Crippen LogP contribution < -0.4 is 5.43 Å². The molecule has 84 valence electrons. The van der Waals surface area contributed by atoms with E-state index in [0.29, 0.717) is 0 Å². The molecule has 2 aromatic rings. The highest BCUT2D eigenvalue weighted by molar-refractivity contribution is 5.78. The minimum absolute atomic E-state index is 0.733. The van der Waals surface area contributed by atoms with Crippen LogP contribution in [-0.4, -0.2) is 11.2 Å². The molecule has 0 amide bonds. The number of rotatable bonds is 4. The quantitative estimate of drug-likeness (QED) is 0.638. The molecule has 0 atom stereocenters. The summed E-state index contributed by atoms with van der Waals surface area (Å²) in [6, 6.07) is 15.7. The highest BCUT2D eigenvalue weighted by atomic mass is 15.3. The van der Waals surface area contributed by atoms with Crippen LogP contribution in [0, 0.1) is 0 Å². The molecule has 2 rings (SSSR count). The van der Waals surface area contributed by atoms with Crippen LogP contribution in [0.1, 0.15) is 5.56 Å². The second kappa shape index (κ2) is 6.23. The van der Waals surface area contributed by atoms with Crippen LogP contribution in [-0.2, 0) is 0 Å². The molecule has 1 aromatic heterocycles. The fourth-order valence-electron chi connectivity index (χ4n) is 1.29. The molecule has 1 heterocycles. The molecule has 0 aliphatic heterocycles. The zero-order valence-corrected chi connectivity index (χ0v) is 9.32. The average molecular weight is 223 g/mol. The molecule has 3 nitrogen and oxygen atoms in total. The molecule has 1 aromatic carbocycles. The molecular weight excluding hydrogens is 210 g/mol. The van der Waals surface area contributed by atoms with Crippen molar-refractivity contribution >= 4 is 18.1 Å². The average Bonchev–Trinajstić information content (AvgIpc) is 2.41. The number of nitrogens with one attached hydrogen (secondary N) is 1. The third-order valence-electron chi connectivity index (χ3n) is 2.09. The second-order valence-electron chi connectivity index (χ2n) is 3.37. The summed E-state index contributed by atoms with van der Waals surface area (Å²) in [5, 5.41) is 4.03. The molecule has 0 aliphatic carbocycles. The standard InChI is InChI=1S/C14H13N3/c1-2-7-13(8-3-1)9-6-12-16-17-14-10-4-5-11-15-14/h1-12H,(H,15,17)/b9-6+,16-12+. The lowest BCUT2D eigenvalue weighted by Gasteiger charge is -1.95. The second-order valence-corrected chi connectivity index (χ2v) is 3.37. The van der Waals surface area contributed by atoms with Crippen molar-refractivity contribution in [2.45, 2.75) is 0 Å². The fraction of sp³-hybridized carbons (Fsp3) is 0. The van der Waals surface area contributed by atoms with E-state index >= 15 is 0 Å². The van der Waals surface area contributed by atoms with Gasteiger partial charge in [0.15, 0.2) is 0 Å². The monoisotopic (exact) mass is 223 g/mol. The van der Waals surface area contributed by atoms with Gasteiger partial charge in [-0.1, -0.05) is 42.5 Å². The van der Waals surface area contributed by atoms with E-state index in [1.807, 2.05) is 60.7 Å². The van der Waals surface area contributed by atoms with Crippen LogP contribution in [0.25, 0.3) is 6.08 Å². The summed E-state index contributed by atoms with van der Waals surface area (Å²) in [5.74, 6) is 0.733. The Morgan fingerprint density at radius 2 is 1.82 bits per heavy atom. The van der Waals surface area contributed by atoms with Gasteiger partial charge in [-0.3, -0.25) is 5.43 Å². The zero-order valence-electron chi connectivity index (χ0n) is 9.32. The summed E-state index contributed by atoms with van der Waals surface area (Å²) in [5.41, 5.74) is 3.99. The number of hydrogen-bond acceptors (Lipinski definition) is 3. The highest BCUT2D eigenvalue weighted by Gasteiger charge is 1.84. The minimum Gasteiger partial charge on any atom is -0.261 e. The van der Waals surface area contributed by atoms with Gasteiger partial charge < -0.3 is 0 Å². The van der Waals surface area contributed by atoms with Gasteiger partial charge in [-0.05, 0) is 23.8 Å². The summed E-state index contributed by atoms with van der Waals surface area (Å²) in [6.07, 6.45) is 7.29. The predicted octanol–water partition coefficient (Wildman–Crippen LogP) is 3.19. The Kier molecular flexibility index (Phi) is 4.06. The molecule has 0 radical (unpaired) electrons. The van der Waals surface area contributed by atoms with E-state index < -0.39 is 0 Å². The maximum atomic E-state index is 4.09. The Hall–Kier alpha value is -2.42. The lowest BCUT2D eigenvalue weighted by molar-refractivity contribution is 1.23. The van der Waals surface area contributed by atoms with E-state index in [4.69, 9.17) is 0 Å². The van der Waals surface area contributed by atoms with Crippen LogP contribution in [0.5, 0.6) is 0 Å². The number of hydrogen-bond donors (Lipinski definition) is 1. The van der Waals surface area contributed by atoms with Gasteiger partial charge >= 0.3 is 0 Å². The van der Waals surface area contributed by atoms with Crippen molar-refractivity contribution in [1.29, 1.82) is 0 Å². The largest absolute Gasteiger partial charge is 0.261 e.